The molecule has 0 aliphatic carbocycles. The Bertz CT molecular complexity index is 1020. The molecule has 0 fully saturated rings. The van der Waals surface area contributed by atoms with Crippen molar-refractivity contribution in [3.8, 4) is 0 Å². The summed E-state index contributed by atoms with van der Waals surface area (Å²) in [5, 5.41) is 5.50. The standard InChI is InChI=1S/2C13H15.C2H6Si.2ClH.Zr/c2*1-13(2,3)12-9-8-10-6-4-5-7-11(10)12;1-3-2;;;/h2*4-9H,1-3H3;1-2H3;2*1H;/q2*-1;;;;+2/p-2. The van der Waals surface area contributed by atoms with Crippen molar-refractivity contribution in [3.63, 3.8) is 0 Å². The summed E-state index contributed by atoms with van der Waals surface area (Å²) in [7, 11) is 0. The van der Waals surface area contributed by atoms with Gasteiger partial charge in [0.15, 0.2) is 0 Å². The van der Waals surface area contributed by atoms with Crippen molar-refractivity contribution in [2.75, 3.05) is 0 Å². The van der Waals surface area contributed by atoms with E-state index in [4.69, 9.17) is 0 Å². The van der Waals surface area contributed by atoms with Gasteiger partial charge in [-0.15, -0.1) is 93.3 Å². The molecule has 0 N–H and O–H groups in total. The first-order valence-corrected chi connectivity index (χ1v) is 16.9. The van der Waals surface area contributed by atoms with E-state index < -0.39 is 0 Å². The minimum absolute atomic E-state index is 0. The summed E-state index contributed by atoms with van der Waals surface area (Å²) in [6.45, 7) is 18.2. The van der Waals surface area contributed by atoms with E-state index in [1.165, 1.54) is 32.7 Å². The Kier molecular flexibility index (Phi) is 13.0. The van der Waals surface area contributed by atoms with E-state index in [-0.39, 0.29) is 41.1 Å². The summed E-state index contributed by atoms with van der Waals surface area (Å²) in [6, 6.07) is 26.0. The van der Waals surface area contributed by atoms with Crippen molar-refractivity contribution in [1.82, 2.24) is 0 Å². The molecule has 0 bridgehead atoms. The van der Waals surface area contributed by atoms with Crippen molar-refractivity contribution >= 4 is 27.0 Å². The van der Waals surface area contributed by atoms with Crippen molar-refractivity contribution in [2.45, 2.75) is 65.5 Å². The average molecular weight is 563 g/mol. The largest absolute Gasteiger partial charge is 1.00 e. The molecular weight excluding hydrogens is 527 g/mol. The van der Waals surface area contributed by atoms with E-state index in [1.54, 1.807) is 23.3 Å². The van der Waals surface area contributed by atoms with Crippen LogP contribution in [-0.4, -0.2) is 5.43 Å². The maximum atomic E-state index is 2.31. The van der Waals surface area contributed by atoms with E-state index in [1.807, 2.05) is 0 Å². The fourth-order valence-electron chi connectivity index (χ4n) is 3.61. The van der Waals surface area contributed by atoms with Crippen LogP contribution in [0, 0.1) is 0 Å². The quantitative estimate of drug-likeness (QED) is 0.228. The monoisotopic (exact) mass is 560 g/mol. The third kappa shape index (κ3) is 8.94. The summed E-state index contributed by atoms with van der Waals surface area (Å²) in [5.41, 5.74) is 3.61. The Morgan fingerprint density at radius 3 is 1.19 bits per heavy atom. The van der Waals surface area contributed by atoms with Crippen LogP contribution in [-0.2, 0) is 34.2 Å². The Labute approximate surface area is 223 Å². The number of hydrogen-bond acceptors (Lipinski definition) is 0. The van der Waals surface area contributed by atoms with Gasteiger partial charge in [0.2, 0.25) is 0 Å². The first-order valence-electron chi connectivity index (χ1n) is 10.7. The van der Waals surface area contributed by atoms with Crippen LogP contribution in [0.3, 0.4) is 0 Å². The van der Waals surface area contributed by atoms with Crippen LogP contribution in [0.25, 0.3) is 21.5 Å². The fraction of sp³-hybridized carbons (Fsp3) is 0.357. The maximum absolute atomic E-state index is 2.31. The van der Waals surface area contributed by atoms with Crippen LogP contribution >= 0.6 is 0 Å². The van der Waals surface area contributed by atoms with Gasteiger partial charge in [-0.25, -0.2) is 0 Å². The first kappa shape index (κ1) is 31.3. The summed E-state index contributed by atoms with van der Waals surface area (Å²) in [4.78, 5) is 0. The maximum Gasteiger partial charge on any atom is -1.00 e. The van der Waals surface area contributed by atoms with E-state index in [0.717, 1.165) is 0 Å². The van der Waals surface area contributed by atoms with E-state index in [2.05, 4.69) is 127 Å². The van der Waals surface area contributed by atoms with Gasteiger partial charge in [-0.05, 0) is 0 Å². The predicted molar refractivity (Wildman–Crippen MR) is 134 cm³/mol. The van der Waals surface area contributed by atoms with Crippen LogP contribution in [0.15, 0.2) is 72.8 Å². The van der Waals surface area contributed by atoms with Crippen LogP contribution in [0.2, 0.25) is 13.1 Å². The second kappa shape index (κ2) is 13.3. The molecule has 0 amide bonds. The van der Waals surface area contributed by atoms with Gasteiger partial charge in [-0.2, -0.15) is 0 Å². The molecule has 4 aromatic rings. The van der Waals surface area contributed by atoms with Gasteiger partial charge in [-0.3, -0.25) is 0 Å². The fourth-order valence-corrected chi connectivity index (χ4v) is 3.61. The average Bonchev–Trinajstić information content (AvgIpc) is 3.25. The molecule has 0 radical (unpaired) electrons. The van der Waals surface area contributed by atoms with Crippen LogP contribution in [0.1, 0.15) is 52.7 Å². The second-order valence-electron chi connectivity index (χ2n) is 10.2. The van der Waals surface area contributed by atoms with E-state index >= 15 is 0 Å². The summed E-state index contributed by atoms with van der Waals surface area (Å²) >= 11 is 1.74. The minimum Gasteiger partial charge on any atom is -1.00 e. The molecule has 4 rings (SSSR count). The van der Waals surface area contributed by atoms with Gasteiger partial charge in [0.25, 0.3) is 0 Å². The van der Waals surface area contributed by atoms with Crippen molar-refractivity contribution < 1.29 is 48.1 Å². The molecule has 0 heterocycles. The first-order chi connectivity index (χ1) is 13.9. The summed E-state index contributed by atoms with van der Waals surface area (Å²) in [5.74, 6) is 0. The molecule has 0 spiro atoms. The van der Waals surface area contributed by atoms with Gasteiger partial charge in [0.05, 0.1) is 0 Å². The van der Waals surface area contributed by atoms with Gasteiger partial charge in [-0.1, -0.05) is 64.5 Å². The topological polar surface area (TPSA) is 0 Å². The Hall–Kier alpha value is -0.660. The number of fused-ring (bicyclic) bond motifs is 2. The predicted octanol–water partition coefficient (Wildman–Crippen LogP) is 2.50. The molecule has 4 aromatic carbocycles. The van der Waals surface area contributed by atoms with Crippen molar-refractivity contribution in [1.29, 1.82) is 0 Å². The smallest absolute Gasteiger partial charge is 1.00 e. The molecule has 0 atom stereocenters. The van der Waals surface area contributed by atoms with Gasteiger partial charge < -0.3 is 24.8 Å². The van der Waals surface area contributed by atoms with E-state index in [0.29, 0.717) is 0 Å². The molecule has 0 nitrogen and oxygen atoms in total. The Morgan fingerprint density at radius 1 is 0.625 bits per heavy atom. The summed E-state index contributed by atoms with van der Waals surface area (Å²) < 4.78 is 0. The van der Waals surface area contributed by atoms with Crippen molar-refractivity contribution in [3.05, 3.63) is 83.9 Å². The van der Waals surface area contributed by atoms with Crippen LogP contribution in [0.4, 0.5) is 0 Å². The third-order valence-corrected chi connectivity index (χ3v) is 4.98. The molecule has 0 aliphatic rings. The molecule has 0 saturated heterocycles. The number of benzene rings is 2. The molecule has 32 heavy (non-hydrogen) atoms. The van der Waals surface area contributed by atoms with Gasteiger partial charge in [0, 0.05) is 0 Å². The normalized spacial score (nSPS) is 10.8. The summed E-state index contributed by atoms with van der Waals surface area (Å²) in [6.07, 6.45) is 0. The van der Waals surface area contributed by atoms with Crippen LogP contribution in [0.5, 0.6) is 0 Å². The SMILES string of the molecule is CC(C)(C)c1c[cH-]c2ccccc12.CC(C)(C)c1c[cH-]c2ccccc12.C[Si](C)=[Zr+2].[Cl-].[Cl-]. The number of rotatable bonds is 0. The zero-order valence-corrected chi connectivity index (χ0v) is 25.7. The zero-order valence-electron chi connectivity index (χ0n) is 20.7. The van der Waals surface area contributed by atoms with Gasteiger partial charge >= 0.3 is 41.9 Å². The van der Waals surface area contributed by atoms with Gasteiger partial charge in [0.1, 0.15) is 0 Å². The van der Waals surface area contributed by atoms with Crippen molar-refractivity contribution in [2.24, 2.45) is 0 Å². The molecule has 172 valence electrons. The third-order valence-electron chi connectivity index (χ3n) is 4.98. The minimum atomic E-state index is 0. The molecule has 4 heteroatoms. The molecule has 0 aliphatic heterocycles. The number of hydrogen-bond donors (Lipinski definition) is 0. The van der Waals surface area contributed by atoms with Crippen LogP contribution < -0.4 is 24.8 Å². The molecule has 0 aromatic heterocycles. The Balaban J connectivity index is 0.000000490. The second-order valence-corrected chi connectivity index (χ2v) is 19.5. The zero-order chi connectivity index (χ0) is 22.5. The molecular formula is C28H36Cl2SiZr-2. The molecule has 0 saturated carbocycles. The number of halogens is 2. The van der Waals surface area contributed by atoms with E-state index in [9.17, 15) is 0 Å². The molecule has 0 unspecified atom stereocenters. The Morgan fingerprint density at radius 2 is 0.906 bits per heavy atom.